The third kappa shape index (κ3) is 2.14. The van der Waals surface area contributed by atoms with Crippen molar-refractivity contribution in [1.82, 2.24) is 0 Å². The van der Waals surface area contributed by atoms with Gasteiger partial charge in [0.2, 0.25) is 0 Å². The first kappa shape index (κ1) is 16.3. The molecule has 0 bridgehead atoms. The Morgan fingerprint density at radius 2 is 1.10 bits per heavy atom. The van der Waals surface area contributed by atoms with Gasteiger partial charge in [0.05, 0.1) is 5.41 Å². The summed E-state index contributed by atoms with van der Waals surface area (Å²) in [4.78, 5) is 0. The Morgan fingerprint density at radius 1 is 0.517 bits per heavy atom. The first-order valence-corrected chi connectivity index (χ1v) is 10.1. The SMILES string of the molecule is [c]1cc2c(c3ccccc13)C(c1ccccc1)(c1ccccc1)c1ccccc1-2. The molecule has 0 heteroatoms. The highest BCUT2D eigenvalue weighted by Gasteiger charge is 2.46. The molecule has 1 aliphatic rings. The Hall–Kier alpha value is -3.64. The maximum absolute atomic E-state index is 3.53. The van der Waals surface area contributed by atoms with Gasteiger partial charge in [-0.3, -0.25) is 0 Å². The molecule has 0 fully saturated rings. The van der Waals surface area contributed by atoms with Crippen molar-refractivity contribution in [2.75, 3.05) is 0 Å². The summed E-state index contributed by atoms with van der Waals surface area (Å²) in [5, 5.41) is 2.43. The maximum Gasteiger partial charge on any atom is 0.0719 e. The van der Waals surface area contributed by atoms with Gasteiger partial charge in [-0.25, -0.2) is 0 Å². The van der Waals surface area contributed by atoms with Crippen LogP contribution in [-0.4, -0.2) is 0 Å². The molecule has 0 nitrogen and oxygen atoms in total. The maximum atomic E-state index is 3.53. The molecule has 5 aromatic carbocycles. The summed E-state index contributed by atoms with van der Waals surface area (Å²) >= 11 is 0. The van der Waals surface area contributed by atoms with Gasteiger partial charge in [-0.15, -0.1) is 0 Å². The minimum atomic E-state index is -0.344. The zero-order chi connectivity index (χ0) is 19.3. The summed E-state index contributed by atoms with van der Waals surface area (Å²) in [5.41, 5.74) is 7.55. The van der Waals surface area contributed by atoms with Crippen LogP contribution in [-0.2, 0) is 5.41 Å². The van der Waals surface area contributed by atoms with E-state index in [0.29, 0.717) is 0 Å². The molecule has 0 atom stereocenters. The lowest BCUT2D eigenvalue weighted by Gasteiger charge is -2.34. The molecule has 0 unspecified atom stereocenters. The van der Waals surface area contributed by atoms with Gasteiger partial charge in [0, 0.05) is 0 Å². The molecule has 0 heterocycles. The fourth-order valence-electron chi connectivity index (χ4n) is 5.13. The topological polar surface area (TPSA) is 0 Å². The van der Waals surface area contributed by atoms with E-state index in [1.165, 1.54) is 38.8 Å². The molecule has 0 aromatic heterocycles. The van der Waals surface area contributed by atoms with Crippen molar-refractivity contribution in [2.45, 2.75) is 5.41 Å². The highest BCUT2D eigenvalue weighted by atomic mass is 14.5. The van der Waals surface area contributed by atoms with Gasteiger partial charge in [-0.05, 0) is 56.3 Å². The molecule has 135 valence electrons. The van der Waals surface area contributed by atoms with Gasteiger partial charge in [0.25, 0.3) is 0 Å². The Kier molecular flexibility index (Phi) is 3.48. The smallest absolute Gasteiger partial charge is 0.0622 e. The monoisotopic (exact) mass is 367 g/mol. The zero-order valence-corrected chi connectivity index (χ0v) is 16.0. The molecule has 1 aliphatic carbocycles. The molecule has 0 saturated carbocycles. The summed E-state index contributed by atoms with van der Waals surface area (Å²) in [6.45, 7) is 0. The van der Waals surface area contributed by atoms with Gasteiger partial charge in [0.1, 0.15) is 0 Å². The van der Waals surface area contributed by atoms with E-state index in [9.17, 15) is 0 Å². The second-order valence-electron chi connectivity index (χ2n) is 7.65. The van der Waals surface area contributed by atoms with Crippen molar-refractivity contribution in [3.05, 3.63) is 144 Å². The third-order valence-corrected chi connectivity index (χ3v) is 6.25. The molecule has 0 amide bonds. The average molecular weight is 367 g/mol. The first-order valence-electron chi connectivity index (χ1n) is 10.1. The van der Waals surface area contributed by atoms with Crippen molar-refractivity contribution in [3.8, 4) is 11.1 Å². The molecule has 5 aromatic rings. The van der Waals surface area contributed by atoms with E-state index in [2.05, 4.69) is 121 Å². The summed E-state index contributed by atoms with van der Waals surface area (Å²) in [6, 6.07) is 45.1. The van der Waals surface area contributed by atoms with E-state index in [4.69, 9.17) is 0 Å². The Morgan fingerprint density at radius 3 is 1.83 bits per heavy atom. The summed E-state index contributed by atoms with van der Waals surface area (Å²) in [5.74, 6) is 0. The third-order valence-electron chi connectivity index (χ3n) is 6.25. The highest BCUT2D eigenvalue weighted by Crippen LogP contribution is 2.57. The number of hydrogen-bond acceptors (Lipinski definition) is 0. The molecular formula is C29H19. The van der Waals surface area contributed by atoms with Crippen molar-refractivity contribution in [3.63, 3.8) is 0 Å². The molecule has 0 aliphatic heterocycles. The van der Waals surface area contributed by atoms with Crippen LogP contribution in [0.1, 0.15) is 22.3 Å². The molecule has 0 spiro atoms. The second kappa shape index (κ2) is 6.18. The van der Waals surface area contributed by atoms with Crippen LogP contribution in [0.25, 0.3) is 21.9 Å². The molecular weight excluding hydrogens is 348 g/mol. The lowest BCUT2D eigenvalue weighted by atomic mass is 9.67. The Balaban J connectivity index is 1.88. The second-order valence-corrected chi connectivity index (χ2v) is 7.65. The predicted octanol–water partition coefficient (Wildman–Crippen LogP) is 7.00. The van der Waals surface area contributed by atoms with E-state index in [0.717, 1.165) is 5.39 Å². The van der Waals surface area contributed by atoms with Crippen molar-refractivity contribution in [2.24, 2.45) is 0 Å². The van der Waals surface area contributed by atoms with Gasteiger partial charge >= 0.3 is 0 Å². The van der Waals surface area contributed by atoms with Crippen molar-refractivity contribution >= 4 is 10.8 Å². The first-order chi connectivity index (χ1) is 14.4. The van der Waals surface area contributed by atoms with Gasteiger partial charge in [-0.2, -0.15) is 0 Å². The molecule has 29 heavy (non-hydrogen) atoms. The van der Waals surface area contributed by atoms with Crippen LogP contribution in [0.5, 0.6) is 0 Å². The van der Waals surface area contributed by atoms with Crippen LogP contribution in [0, 0.1) is 6.07 Å². The number of rotatable bonds is 2. The lowest BCUT2D eigenvalue weighted by Crippen LogP contribution is -2.28. The summed E-state index contributed by atoms with van der Waals surface area (Å²) < 4.78 is 0. The highest BCUT2D eigenvalue weighted by molar-refractivity contribution is 5.99. The summed E-state index contributed by atoms with van der Waals surface area (Å²) in [7, 11) is 0. The van der Waals surface area contributed by atoms with E-state index in [-0.39, 0.29) is 5.41 Å². The summed E-state index contributed by atoms with van der Waals surface area (Å²) in [6.07, 6.45) is 0. The Bertz CT molecular complexity index is 1290. The normalized spacial score (nSPS) is 13.8. The molecule has 0 saturated heterocycles. The van der Waals surface area contributed by atoms with Gasteiger partial charge in [-0.1, -0.05) is 109 Å². The standard InChI is InChI=1S/C29H19/c1-3-12-22(13-4-1)29(23-14-5-2-6-15-23)27-18-10-9-17-25(27)26-20-19-21-11-7-8-16-24(21)28(26)29/h1-18,20H. The van der Waals surface area contributed by atoms with Gasteiger partial charge < -0.3 is 0 Å². The van der Waals surface area contributed by atoms with Crippen LogP contribution in [0.3, 0.4) is 0 Å². The Labute approximate surface area is 171 Å². The van der Waals surface area contributed by atoms with Crippen molar-refractivity contribution in [1.29, 1.82) is 0 Å². The molecule has 1 radical (unpaired) electrons. The number of hydrogen-bond donors (Lipinski definition) is 0. The number of benzene rings is 5. The van der Waals surface area contributed by atoms with E-state index in [1.54, 1.807) is 0 Å². The minimum absolute atomic E-state index is 0.344. The van der Waals surface area contributed by atoms with E-state index >= 15 is 0 Å². The average Bonchev–Trinajstić information content (AvgIpc) is 3.12. The van der Waals surface area contributed by atoms with Crippen LogP contribution in [0.4, 0.5) is 0 Å². The largest absolute Gasteiger partial charge is 0.0719 e. The fraction of sp³-hybridized carbons (Fsp3) is 0.0345. The van der Waals surface area contributed by atoms with E-state index in [1.807, 2.05) is 0 Å². The number of fused-ring (bicyclic) bond motifs is 5. The minimum Gasteiger partial charge on any atom is -0.0622 e. The van der Waals surface area contributed by atoms with Crippen LogP contribution in [0.15, 0.2) is 115 Å². The van der Waals surface area contributed by atoms with Crippen LogP contribution >= 0.6 is 0 Å². The van der Waals surface area contributed by atoms with Crippen LogP contribution < -0.4 is 0 Å². The van der Waals surface area contributed by atoms with Gasteiger partial charge in [0.15, 0.2) is 0 Å². The van der Waals surface area contributed by atoms with Crippen molar-refractivity contribution < 1.29 is 0 Å². The fourth-order valence-corrected chi connectivity index (χ4v) is 5.13. The quantitative estimate of drug-likeness (QED) is 0.309. The molecule has 0 N–H and O–H groups in total. The molecule has 6 rings (SSSR count). The van der Waals surface area contributed by atoms with E-state index < -0.39 is 0 Å². The zero-order valence-electron chi connectivity index (χ0n) is 16.0. The van der Waals surface area contributed by atoms with Crippen LogP contribution in [0.2, 0.25) is 0 Å². The lowest BCUT2D eigenvalue weighted by molar-refractivity contribution is 0.775. The predicted molar refractivity (Wildman–Crippen MR) is 120 cm³/mol.